The Balaban J connectivity index is 1.10. The summed E-state index contributed by atoms with van der Waals surface area (Å²) in [7, 11) is 0. The molecule has 2 saturated carbocycles. The van der Waals surface area contributed by atoms with Crippen molar-refractivity contribution in [3.8, 4) is 23.0 Å². The van der Waals surface area contributed by atoms with E-state index in [0.717, 1.165) is 64.7 Å². The summed E-state index contributed by atoms with van der Waals surface area (Å²) in [5.74, 6) is -1.59. The van der Waals surface area contributed by atoms with Crippen molar-refractivity contribution in [3.05, 3.63) is 47.7 Å². The standard InChI is InChI=1S/C42H48F5N5O4/c1-2-28-31(43)8-7-25-18-27(53)19-29(33(25)28)35-34(44)36-30(22-48-35)37(51-14-5-11-41(54,23-51)42(45,46)47)50-38(49-36)56-24-40-9-3-6-32(40)52(15-4-10-40)26-20-39(21-26)12-16-55-17-13-39/h7-8,18-19,22,26,32,53-54H,2-6,9-17,20-21,23-24H2,1H3/t32-,40-,41-/m1/s1. The Morgan fingerprint density at radius 1 is 0.982 bits per heavy atom. The minimum absolute atomic E-state index is 0.0163. The Kier molecular flexibility index (Phi) is 9.35. The summed E-state index contributed by atoms with van der Waals surface area (Å²) in [6, 6.07) is 6.25. The van der Waals surface area contributed by atoms with Crippen molar-refractivity contribution >= 4 is 27.5 Å². The highest BCUT2D eigenvalue weighted by molar-refractivity contribution is 6.01. The molecule has 3 aliphatic heterocycles. The van der Waals surface area contributed by atoms with Crippen LogP contribution >= 0.6 is 0 Å². The fourth-order valence-corrected chi connectivity index (χ4v) is 11.0. The summed E-state index contributed by atoms with van der Waals surface area (Å²) in [6.45, 7) is 4.05. The van der Waals surface area contributed by atoms with Crippen LogP contribution in [0.5, 0.6) is 11.8 Å². The van der Waals surface area contributed by atoms with Crippen molar-refractivity contribution in [1.29, 1.82) is 0 Å². The number of phenolic OH excluding ortho intramolecular Hbond substituents is 1. The quantitative estimate of drug-likeness (QED) is 0.180. The van der Waals surface area contributed by atoms with Crippen molar-refractivity contribution < 1.29 is 41.6 Å². The van der Waals surface area contributed by atoms with Gasteiger partial charge in [0.2, 0.25) is 0 Å². The van der Waals surface area contributed by atoms with E-state index in [2.05, 4.69) is 19.9 Å². The maximum absolute atomic E-state index is 17.1. The van der Waals surface area contributed by atoms with Gasteiger partial charge in [0.05, 0.1) is 18.5 Å². The predicted molar refractivity (Wildman–Crippen MR) is 201 cm³/mol. The molecule has 0 unspecified atom stereocenters. The third kappa shape index (κ3) is 6.25. The molecule has 1 spiro atoms. The fraction of sp³-hybridized carbons (Fsp3) is 0.595. The topological polar surface area (TPSA) is 104 Å². The van der Waals surface area contributed by atoms with E-state index in [1.54, 1.807) is 6.92 Å². The molecule has 2 N–H and O–H groups in total. The van der Waals surface area contributed by atoms with E-state index >= 15 is 8.78 Å². The number of aromatic hydroxyl groups is 1. The molecule has 2 aromatic heterocycles. The highest BCUT2D eigenvalue weighted by Gasteiger charge is 2.57. The number of aliphatic hydroxyl groups is 1. The number of phenols is 1. The molecular formula is C42H48F5N5O4. The van der Waals surface area contributed by atoms with Gasteiger partial charge in [-0.15, -0.1) is 0 Å². The first kappa shape index (κ1) is 37.7. The first-order valence-electron chi connectivity index (χ1n) is 20.1. The van der Waals surface area contributed by atoms with Gasteiger partial charge in [-0.1, -0.05) is 19.4 Å². The second-order valence-corrected chi connectivity index (χ2v) is 17.1. The molecule has 4 aromatic rings. The largest absolute Gasteiger partial charge is 0.508 e. The maximum Gasteiger partial charge on any atom is 0.418 e. The molecule has 3 saturated heterocycles. The average Bonchev–Trinajstić information content (AvgIpc) is 3.61. The zero-order valence-electron chi connectivity index (χ0n) is 31.6. The molecule has 5 heterocycles. The van der Waals surface area contributed by atoms with Crippen LogP contribution in [0.25, 0.3) is 32.9 Å². The highest BCUT2D eigenvalue weighted by atomic mass is 19.4. The average molecular weight is 782 g/mol. The maximum atomic E-state index is 17.1. The molecule has 14 heteroatoms. The number of hydrogen-bond acceptors (Lipinski definition) is 9. The molecule has 3 atom stereocenters. The molecule has 5 fully saturated rings. The number of β-amino-alcohol motifs (C(OH)–C–C–N with tert-alkyl or cyclic N) is 1. The lowest BCUT2D eigenvalue weighted by atomic mass is 9.60. The van der Waals surface area contributed by atoms with Crippen LogP contribution in [-0.4, -0.2) is 93.4 Å². The fourth-order valence-electron chi connectivity index (χ4n) is 11.0. The van der Waals surface area contributed by atoms with Gasteiger partial charge >= 0.3 is 12.2 Å². The summed E-state index contributed by atoms with van der Waals surface area (Å²) in [6.07, 6.45) is 5.81. The number of likely N-dealkylation sites (tertiary alicyclic amines) is 1. The lowest BCUT2D eigenvalue weighted by Gasteiger charge is -2.58. The number of benzene rings is 2. The second kappa shape index (κ2) is 13.9. The molecule has 9 rings (SSSR count). The first-order valence-corrected chi connectivity index (χ1v) is 20.1. The molecule has 0 radical (unpaired) electrons. The Labute approximate surface area is 322 Å². The van der Waals surface area contributed by atoms with E-state index in [4.69, 9.17) is 9.47 Å². The number of halogens is 5. The van der Waals surface area contributed by atoms with E-state index in [1.165, 1.54) is 48.2 Å². The number of pyridine rings is 1. The third-order valence-corrected chi connectivity index (χ3v) is 13.9. The van der Waals surface area contributed by atoms with Gasteiger partial charge in [-0.05, 0) is 117 Å². The summed E-state index contributed by atoms with van der Waals surface area (Å²) >= 11 is 0. The van der Waals surface area contributed by atoms with Crippen LogP contribution in [-0.2, 0) is 11.2 Å². The van der Waals surface area contributed by atoms with Crippen LogP contribution in [0.1, 0.15) is 83.1 Å². The van der Waals surface area contributed by atoms with E-state index in [9.17, 15) is 23.4 Å². The van der Waals surface area contributed by atoms with E-state index in [0.29, 0.717) is 33.8 Å². The number of ether oxygens (including phenoxy) is 2. The van der Waals surface area contributed by atoms with Gasteiger partial charge < -0.3 is 24.6 Å². The van der Waals surface area contributed by atoms with Gasteiger partial charge in [-0.2, -0.15) is 23.1 Å². The first-order chi connectivity index (χ1) is 26.8. The minimum atomic E-state index is -4.90. The Morgan fingerprint density at radius 2 is 1.75 bits per heavy atom. The van der Waals surface area contributed by atoms with Crippen LogP contribution in [0, 0.1) is 22.5 Å². The molecule has 2 aliphatic carbocycles. The lowest BCUT2D eigenvalue weighted by Crippen LogP contribution is -2.61. The molecule has 56 heavy (non-hydrogen) atoms. The van der Waals surface area contributed by atoms with Gasteiger partial charge in [-0.3, -0.25) is 9.88 Å². The summed E-state index contributed by atoms with van der Waals surface area (Å²) in [4.78, 5) is 17.7. The second-order valence-electron chi connectivity index (χ2n) is 17.1. The van der Waals surface area contributed by atoms with Gasteiger partial charge in [-0.25, -0.2) is 8.78 Å². The summed E-state index contributed by atoms with van der Waals surface area (Å²) in [5.41, 5.74) is -2.76. The van der Waals surface area contributed by atoms with Crippen LogP contribution in [0.3, 0.4) is 0 Å². The van der Waals surface area contributed by atoms with Crippen molar-refractivity contribution in [3.63, 3.8) is 0 Å². The van der Waals surface area contributed by atoms with Gasteiger partial charge in [0.15, 0.2) is 11.4 Å². The molecule has 0 amide bonds. The van der Waals surface area contributed by atoms with E-state index < -0.39 is 36.4 Å². The van der Waals surface area contributed by atoms with Crippen molar-refractivity contribution in [2.45, 2.75) is 108 Å². The highest BCUT2D eigenvalue weighted by Crippen LogP contribution is 2.56. The van der Waals surface area contributed by atoms with Gasteiger partial charge in [0.1, 0.15) is 28.6 Å². The SMILES string of the molecule is CCc1c(F)ccc2cc(O)cc(-c3ncc4c(N5CCC[C@](O)(C(F)(F)F)C5)nc(OC[C@]56CCC[C@H]5N(C5CC7(CCOCC7)C5)CCC6)nc4c3F)c12. The van der Waals surface area contributed by atoms with E-state index in [1.807, 2.05) is 0 Å². The van der Waals surface area contributed by atoms with Crippen LogP contribution < -0.4 is 9.64 Å². The number of hydrogen-bond donors (Lipinski definition) is 2. The van der Waals surface area contributed by atoms with Crippen molar-refractivity contribution in [2.24, 2.45) is 10.8 Å². The summed E-state index contributed by atoms with van der Waals surface area (Å²) < 4.78 is 86.9. The smallest absolute Gasteiger partial charge is 0.418 e. The Morgan fingerprint density at radius 3 is 2.52 bits per heavy atom. The van der Waals surface area contributed by atoms with Crippen molar-refractivity contribution in [1.82, 2.24) is 19.9 Å². The Hall–Kier alpha value is -3.88. The zero-order chi connectivity index (χ0) is 39.0. The minimum Gasteiger partial charge on any atom is -0.508 e. The van der Waals surface area contributed by atoms with Crippen LogP contribution in [0.15, 0.2) is 30.5 Å². The monoisotopic (exact) mass is 781 g/mol. The van der Waals surface area contributed by atoms with Crippen LogP contribution in [0.2, 0.25) is 0 Å². The van der Waals surface area contributed by atoms with Gasteiger partial charge in [0.25, 0.3) is 0 Å². The van der Waals surface area contributed by atoms with Crippen molar-refractivity contribution in [2.75, 3.05) is 44.4 Å². The number of rotatable bonds is 7. The number of fused-ring (bicyclic) bond motifs is 3. The number of alkyl halides is 3. The molecule has 9 nitrogen and oxygen atoms in total. The van der Waals surface area contributed by atoms with Crippen LogP contribution in [0.4, 0.5) is 27.8 Å². The number of aryl methyl sites for hydroxylation is 1. The van der Waals surface area contributed by atoms with Gasteiger partial charge in [0, 0.05) is 49.0 Å². The van der Waals surface area contributed by atoms with E-state index in [-0.39, 0.29) is 71.1 Å². The number of aromatic nitrogens is 3. The molecule has 2 aromatic carbocycles. The summed E-state index contributed by atoms with van der Waals surface area (Å²) in [5, 5.41) is 22.4. The normalized spacial score (nSPS) is 27.2. The lowest BCUT2D eigenvalue weighted by molar-refractivity contribution is -0.261. The third-order valence-electron chi connectivity index (χ3n) is 13.9. The number of nitrogens with zero attached hydrogens (tertiary/aromatic N) is 5. The zero-order valence-corrected chi connectivity index (χ0v) is 31.6. The molecular weight excluding hydrogens is 733 g/mol. The molecule has 0 bridgehead atoms. The Bertz CT molecular complexity index is 2160. The molecule has 5 aliphatic rings. The molecule has 300 valence electrons. The number of piperidine rings is 2. The number of anilines is 1. The predicted octanol–water partition coefficient (Wildman–Crippen LogP) is 8.26.